The maximum absolute atomic E-state index is 13.3. The van der Waals surface area contributed by atoms with Crippen molar-refractivity contribution in [2.75, 3.05) is 11.4 Å². The van der Waals surface area contributed by atoms with E-state index in [9.17, 15) is 18.8 Å². The molecule has 0 radical (unpaired) electrons. The van der Waals surface area contributed by atoms with Crippen LogP contribution in [-0.2, 0) is 4.79 Å². The standard InChI is InChI=1S/C25H20FN3O3/c26-19-10-12-20(13-11-19)29-24(31)22-21(27-25(29)32)14-15-28(22)23(30)18-8-6-17(7-9-18)16-4-2-1-3-5-16/h1-13,21-22H,14-15H2,(H,27,32). The Hall–Kier alpha value is -4.00. The normalized spacial score (nSPS) is 20.2. The van der Waals surface area contributed by atoms with Gasteiger partial charge in [-0.1, -0.05) is 42.5 Å². The third-order valence-electron chi connectivity index (χ3n) is 5.97. The molecule has 4 amide bonds. The summed E-state index contributed by atoms with van der Waals surface area (Å²) in [4.78, 5) is 41.6. The Labute approximate surface area is 184 Å². The molecule has 6 nitrogen and oxygen atoms in total. The van der Waals surface area contributed by atoms with Gasteiger partial charge < -0.3 is 10.2 Å². The lowest BCUT2D eigenvalue weighted by Gasteiger charge is -2.36. The maximum atomic E-state index is 13.3. The molecular weight excluding hydrogens is 409 g/mol. The molecule has 0 spiro atoms. The number of amides is 4. The highest BCUT2D eigenvalue weighted by molar-refractivity contribution is 6.19. The fourth-order valence-corrected chi connectivity index (χ4v) is 4.37. The lowest BCUT2D eigenvalue weighted by molar-refractivity contribution is -0.122. The number of nitrogens with one attached hydrogen (secondary N) is 1. The summed E-state index contributed by atoms with van der Waals surface area (Å²) < 4.78 is 13.3. The summed E-state index contributed by atoms with van der Waals surface area (Å²) in [7, 11) is 0. The summed E-state index contributed by atoms with van der Waals surface area (Å²) in [5.74, 6) is -1.22. The number of anilines is 1. The minimum absolute atomic E-state index is 0.263. The molecule has 0 aromatic heterocycles. The number of likely N-dealkylation sites (tertiary alicyclic amines) is 1. The average Bonchev–Trinajstić information content (AvgIpc) is 3.24. The van der Waals surface area contributed by atoms with E-state index in [4.69, 9.17) is 0 Å². The van der Waals surface area contributed by atoms with Crippen LogP contribution in [-0.4, -0.2) is 41.4 Å². The van der Waals surface area contributed by atoms with E-state index in [-0.39, 0.29) is 11.6 Å². The second-order valence-corrected chi connectivity index (χ2v) is 7.88. The molecule has 160 valence electrons. The van der Waals surface area contributed by atoms with Crippen LogP contribution >= 0.6 is 0 Å². The molecule has 2 heterocycles. The number of halogens is 1. The zero-order valence-corrected chi connectivity index (χ0v) is 17.1. The Morgan fingerprint density at radius 3 is 2.22 bits per heavy atom. The van der Waals surface area contributed by atoms with Gasteiger partial charge in [-0.05, 0) is 53.9 Å². The number of carbonyl (C=O) groups is 3. The smallest absolute Gasteiger partial charge is 0.329 e. The molecule has 7 heteroatoms. The van der Waals surface area contributed by atoms with Crippen molar-refractivity contribution in [1.82, 2.24) is 10.2 Å². The van der Waals surface area contributed by atoms with Crippen LogP contribution in [0.3, 0.4) is 0 Å². The van der Waals surface area contributed by atoms with E-state index in [1.54, 1.807) is 12.1 Å². The fraction of sp³-hybridized carbons (Fsp3) is 0.160. The summed E-state index contributed by atoms with van der Waals surface area (Å²) >= 11 is 0. The number of imide groups is 1. The van der Waals surface area contributed by atoms with E-state index in [0.717, 1.165) is 16.0 Å². The van der Waals surface area contributed by atoms with Gasteiger partial charge in [0.15, 0.2) is 0 Å². The molecule has 5 rings (SSSR count). The van der Waals surface area contributed by atoms with Crippen molar-refractivity contribution in [3.63, 3.8) is 0 Å². The van der Waals surface area contributed by atoms with Gasteiger partial charge in [-0.2, -0.15) is 0 Å². The van der Waals surface area contributed by atoms with Crippen molar-refractivity contribution in [2.24, 2.45) is 0 Å². The van der Waals surface area contributed by atoms with Crippen molar-refractivity contribution in [3.05, 3.63) is 90.2 Å². The molecule has 2 saturated heterocycles. The van der Waals surface area contributed by atoms with E-state index in [0.29, 0.717) is 18.5 Å². The predicted molar refractivity (Wildman–Crippen MR) is 118 cm³/mol. The summed E-state index contributed by atoms with van der Waals surface area (Å²) in [6.07, 6.45) is 0.493. The van der Waals surface area contributed by atoms with E-state index in [1.807, 2.05) is 42.5 Å². The zero-order valence-electron chi connectivity index (χ0n) is 17.1. The molecule has 32 heavy (non-hydrogen) atoms. The van der Waals surface area contributed by atoms with Crippen LogP contribution in [0.2, 0.25) is 0 Å². The lowest BCUT2D eigenvalue weighted by Crippen LogP contribution is -2.65. The van der Waals surface area contributed by atoms with Gasteiger partial charge in [0.1, 0.15) is 11.9 Å². The van der Waals surface area contributed by atoms with Crippen LogP contribution in [0.4, 0.5) is 14.9 Å². The predicted octanol–water partition coefficient (Wildman–Crippen LogP) is 3.83. The first kappa shape index (κ1) is 19.9. The van der Waals surface area contributed by atoms with Crippen molar-refractivity contribution in [1.29, 1.82) is 0 Å². The second kappa shape index (κ2) is 7.92. The molecule has 2 unspecified atom stereocenters. The van der Waals surface area contributed by atoms with Gasteiger partial charge in [-0.3, -0.25) is 9.59 Å². The minimum Gasteiger partial charge on any atom is -0.332 e. The topological polar surface area (TPSA) is 69.7 Å². The second-order valence-electron chi connectivity index (χ2n) is 7.88. The van der Waals surface area contributed by atoms with Crippen LogP contribution < -0.4 is 10.2 Å². The van der Waals surface area contributed by atoms with Crippen molar-refractivity contribution >= 4 is 23.5 Å². The monoisotopic (exact) mass is 429 g/mol. The number of hydrogen-bond donors (Lipinski definition) is 1. The van der Waals surface area contributed by atoms with Gasteiger partial charge in [0.2, 0.25) is 0 Å². The highest BCUT2D eigenvalue weighted by Crippen LogP contribution is 2.29. The van der Waals surface area contributed by atoms with E-state index >= 15 is 0 Å². The van der Waals surface area contributed by atoms with Gasteiger partial charge in [-0.15, -0.1) is 0 Å². The molecule has 2 fully saturated rings. The Morgan fingerprint density at radius 1 is 0.875 bits per heavy atom. The molecule has 2 aliphatic heterocycles. The molecule has 2 atom stereocenters. The van der Waals surface area contributed by atoms with Gasteiger partial charge in [-0.25, -0.2) is 14.1 Å². The summed E-state index contributed by atoms with van der Waals surface area (Å²) in [6, 6.07) is 20.4. The number of nitrogens with zero attached hydrogens (tertiary/aromatic N) is 2. The van der Waals surface area contributed by atoms with Crippen molar-refractivity contribution in [2.45, 2.75) is 18.5 Å². The van der Waals surface area contributed by atoms with Crippen molar-refractivity contribution < 1.29 is 18.8 Å². The number of benzene rings is 3. The largest absolute Gasteiger partial charge is 0.332 e. The van der Waals surface area contributed by atoms with E-state index in [1.165, 1.54) is 29.2 Å². The quantitative estimate of drug-likeness (QED) is 0.688. The summed E-state index contributed by atoms with van der Waals surface area (Å²) in [5.41, 5.74) is 2.78. The third-order valence-corrected chi connectivity index (χ3v) is 5.97. The molecule has 1 N–H and O–H groups in total. The molecule has 0 saturated carbocycles. The highest BCUT2D eigenvalue weighted by atomic mass is 19.1. The summed E-state index contributed by atoms with van der Waals surface area (Å²) in [6.45, 7) is 0.359. The number of fused-ring (bicyclic) bond motifs is 1. The number of urea groups is 1. The van der Waals surface area contributed by atoms with Crippen LogP contribution in [0.25, 0.3) is 11.1 Å². The first-order valence-corrected chi connectivity index (χ1v) is 10.4. The Morgan fingerprint density at radius 2 is 1.53 bits per heavy atom. The number of rotatable bonds is 3. The third kappa shape index (κ3) is 3.41. The first-order chi connectivity index (χ1) is 15.5. The highest BCUT2D eigenvalue weighted by Gasteiger charge is 2.50. The molecule has 3 aromatic rings. The van der Waals surface area contributed by atoms with Gasteiger partial charge in [0.25, 0.3) is 11.8 Å². The van der Waals surface area contributed by atoms with Crippen molar-refractivity contribution in [3.8, 4) is 11.1 Å². The SMILES string of the molecule is O=C1NC2CCN(C(=O)c3ccc(-c4ccccc4)cc3)C2C(=O)N1c1ccc(F)cc1. The number of carbonyl (C=O) groups excluding carboxylic acids is 3. The maximum Gasteiger partial charge on any atom is 0.329 e. The zero-order chi connectivity index (χ0) is 22.2. The van der Waals surface area contributed by atoms with Gasteiger partial charge in [0, 0.05) is 12.1 Å². The van der Waals surface area contributed by atoms with E-state index < -0.39 is 29.8 Å². The van der Waals surface area contributed by atoms with Gasteiger partial charge in [0.05, 0.1) is 11.7 Å². The number of hydrogen-bond acceptors (Lipinski definition) is 3. The van der Waals surface area contributed by atoms with Crippen LogP contribution in [0.15, 0.2) is 78.9 Å². The molecular formula is C25H20FN3O3. The molecule has 3 aromatic carbocycles. The van der Waals surface area contributed by atoms with Crippen LogP contribution in [0.1, 0.15) is 16.8 Å². The summed E-state index contributed by atoms with van der Waals surface area (Å²) in [5, 5.41) is 2.82. The fourth-order valence-electron chi connectivity index (χ4n) is 4.37. The molecule has 0 aliphatic carbocycles. The Bertz CT molecular complexity index is 1180. The minimum atomic E-state index is -0.806. The van der Waals surface area contributed by atoms with Crippen LogP contribution in [0.5, 0.6) is 0 Å². The average molecular weight is 429 g/mol. The first-order valence-electron chi connectivity index (χ1n) is 10.4. The Kier molecular flexibility index (Phi) is 4.93. The van der Waals surface area contributed by atoms with E-state index in [2.05, 4.69) is 5.32 Å². The molecule has 2 aliphatic rings. The molecule has 0 bridgehead atoms. The van der Waals surface area contributed by atoms with Gasteiger partial charge >= 0.3 is 6.03 Å². The Balaban J connectivity index is 1.40. The lowest BCUT2D eigenvalue weighted by atomic mass is 10.0. The van der Waals surface area contributed by atoms with Crippen LogP contribution in [0, 0.1) is 5.82 Å².